The highest BCUT2D eigenvalue weighted by Crippen LogP contribution is 2.31. The van der Waals surface area contributed by atoms with Gasteiger partial charge in [-0.15, -0.1) is 0 Å². The van der Waals surface area contributed by atoms with Crippen molar-refractivity contribution in [1.82, 2.24) is 4.98 Å². The van der Waals surface area contributed by atoms with Gasteiger partial charge in [0.2, 0.25) is 0 Å². The molecule has 0 aliphatic carbocycles. The third-order valence-corrected chi connectivity index (χ3v) is 2.50. The first-order valence-electron chi connectivity index (χ1n) is 6.22. The molecule has 2 N–H and O–H groups in total. The fourth-order valence-electron chi connectivity index (χ4n) is 1.69. The molecule has 0 fully saturated rings. The molecule has 1 aromatic carbocycles. The van der Waals surface area contributed by atoms with Gasteiger partial charge in [-0.3, -0.25) is 0 Å². The maximum absolute atomic E-state index is 5.80. The van der Waals surface area contributed by atoms with Gasteiger partial charge >= 0.3 is 0 Å². The predicted octanol–water partition coefficient (Wildman–Crippen LogP) is 3.55. The van der Waals surface area contributed by atoms with Gasteiger partial charge < -0.3 is 15.2 Å². The van der Waals surface area contributed by atoms with Crippen molar-refractivity contribution in [1.29, 1.82) is 0 Å². The van der Waals surface area contributed by atoms with E-state index in [1.165, 1.54) is 0 Å². The van der Waals surface area contributed by atoms with E-state index >= 15 is 0 Å². The standard InChI is InChI=1S/C15H18N2O2/c1-10(2)18-14-5-4-8-17-15(14)19-13-7-6-12(16)9-11(13)3/h4-10H,16H2,1-3H3. The van der Waals surface area contributed by atoms with Crippen LogP contribution in [0.3, 0.4) is 0 Å². The van der Waals surface area contributed by atoms with Gasteiger partial charge in [0.05, 0.1) is 6.10 Å². The molecular formula is C15H18N2O2. The Morgan fingerprint density at radius 3 is 2.63 bits per heavy atom. The number of hydrogen-bond acceptors (Lipinski definition) is 4. The highest BCUT2D eigenvalue weighted by atomic mass is 16.5. The van der Waals surface area contributed by atoms with Crippen molar-refractivity contribution in [2.24, 2.45) is 0 Å². The van der Waals surface area contributed by atoms with Crippen LogP contribution in [0.4, 0.5) is 5.69 Å². The van der Waals surface area contributed by atoms with Gasteiger partial charge in [0, 0.05) is 11.9 Å². The van der Waals surface area contributed by atoms with Crippen LogP contribution in [0.1, 0.15) is 19.4 Å². The fourth-order valence-corrected chi connectivity index (χ4v) is 1.69. The average molecular weight is 258 g/mol. The molecule has 0 atom stereocenters. The summed E-state index contributed by atoms with van der Waals surface area (Å²) in [6.07, 6.45) is 1.74. The smallest absolute Gasteiger partial charge is 0.262 e. The quantitative estimate of drug-likeness (QED) is 0.852. The normalized spacial score (nSPS) is 10.5. The van der Waals surface area contributed by atoms with Crippen LogP contribution in [0.2, 0.25) is 0 Å². The van der Waals surface area contributed by atoms with E-state index in [0.29, 0.717) is 17.3 Å². The highest BCUT2D eigenvalue weighted by molar-refractivity contribution is 5.49. The molecule has 100 valence electrons. The molecule has 0 radical (unpaired) electrons. The van der Waals surface area contributed by atoms with Crippen molar-refractivity contribution in [3.63, 3.8) is 0 Å². The van der Waals surface area contributed by atoms with Crippen LogP contribution in [0.5, 0.6) is 17.4 Å². The molecule has 4 nitrogen and oxygen atoms in total. The van der Waals surface area contributed by atoms with Crippen LogP contribution >= 0.6 is 0 Å². The zero-order valence-corrected chi connectivity index (χ0v) is 11.4. The molecule has 0 amide bonds. The molecule has 0 unspecified atom stereocenters. The van der Waals surface area contributed by atoms with Crippen LogP contribution in [0.15, 0.2) is 36.5 Å². The summed E-state index contributed by atoms with van der Waals surface area (Å²) in [5, 5.41) is 0. The van der Waals surface area contributed by atoms with Crippen molar-refractivity contribution in [2.45, 2.75) is 26.9 Å². The van der Waals surface area contributed by atoms with Gasteiger partial charge in [-0.25, -0.2) is 4.98 Å². The molecule has 4 heteroatoms. The largest absolute Gasteiger partial charge is 0.485 e. The molecule has 1 aromatic heterocycles. The summed E-state index contributed by atoms with van der Waals surface area (Å²) in [6.45, 7) is 5.87. The second-order valence-corrected chi connectivity index (χ2v) is 4.60. The lowest BCUT2D eigenvalue weighted by Gasteiger charge is -2.14. The number of nitrogen functional groups attached to an aromatic ring is 1. The average Bonchev–Trinajstić information content (AvgIpc) is 2.34. The first kappa shape index (κ1) is 13.2. The second-order valence-electron chi connectivity index (χ2n) is 4.60. The summed E-state index contributed by atoms with van der Waals surface area (Å²) < 4.78 is 11.5. The van der Waals surface area contributed by atoms with E-state index in [1.54, 1.807) is 12.3 Å². The first-order chi connectivity index (χ1) is 9.06. The molecule has 0 aliphatic rings. The molecule has 1 heterocycles. The second kappa shape index (κ2) is 5.61. The minimum atomic E-state index is 0.0686. The summed E-state index contributed by atoms with van der Waals surface area (Å²) >= 11 is 0. The summed E-state index contributed by atoms with van der Waals surface area (Å²) in [6, 6.07) is 9.16. The van der Waals surface area contributed by atoms with E-state index in [4.69, 9.17) is 15.2 Å². The number of rotatable bonds is 4. The van der Waals surface area contributed by atoms with Crippen molar-refractivity contribution >= 4 is 5.69 Å². The topological polar surface area (TPSA) is 57.4 Å². The van der Waals surface area contributed by atoms with Gasteiger partial charge in [-0.2, -0.15) is 0 Å². The zero-order valence-electron chi connectivity index (χ0n) is 11.4. The van der Waals surface area contributed by atoms with E-state index < -0.39 is 0 Å². The number of benzene rings is 1. The van der Waals surface area contributed by atoms with Crippen molar-refractivity contribution in [2.75, 3.05) is 5.73 Å². The summed E-state index contributed by atoms with van der Waals surface area (Å²) in [5.41, 5.74) is 7.39. The highest BCUT2D eigenvalue weighted by Gasteiger charge is 2.10. The van der Waals surface area contributed by atoms with Crippen LogP contribution in [-0.2, 0) is 0 Å². The Bertz CT molecular complexity index is 568. The number of ether oxygens (including phenoxy) is 2. The fraction of sp³-hybridized carbons (Fsp3) is 0.267. The van der Waals surface area contributed by atoms with Gasteiger partial charge in [-0.1, -0.05) is 0 Å². The lowest BCUT2D eigenvalue weighted by molar-refractivity contribution is 0.231. The van der Waals surface area contributed by atoms with Gasteiger partial charge in [0.25, 0.3) is 5.88 Å². The number of hydrogen-bond donors (Lipinski definition) is 1. The van der Waals surface area contributed by atoms with Crippen LogP contribution in [0, 0.1) is 6.92 Å². The van der Waals surface area contributed by atoms with Crippen LogP contribution in [-0.4, -0.2) is 11.1 Å². The number of pyridine rings is 1. The Labute approximate surface area is 113 Å². The van der Waals surface area contributed by atoms with E-state index in [0.717, 1.165) is 11.3 Å². The molecular weight excluding hydrogens is 240 g/mol. The van der Waals surface area contributed by atoms with Crippen molar-refractivity contribution < 1.29 is 9.47 Å². The number of anilines is 1. The lowest BCUT2D eigenvalue weighted by Crippen LogP contribution is -2.07. The molecule has 2 aromatic rings. The molecule has 0 saturated carbocycles. The zero-order chi connectivity index (χ0) is 13.8. The minimum Gasteiger partial charge on any atom is -0.485 e. The summed E-state index contributed by atoms with van der Waals surface area (Å²) in [5.74, 6) is 1.82. The van der Waals surface area contributed by atoms with Gasteiger partial charge in [-0.05, 0) is 56.7 Å². The molecule has 0 spiro atoms. The minimum absolute atomic E-state index is 0.0686. The van der Waals surface area contributed by atoms with Crippen LogP contribution < -0.4 is 15.2 Å². The molecule has 0 saturated heterocycles. The summed E-state index contributed by atoms with van der Waals surface area (Å²) in [7, 11) is 0. The third kappa shape index (κ3) is 3.37. The van der Waals surface area contributed by atoms with E-state index in [9.17, 15) is 0 Å². The van der Waals surface area contributed by atoms with Crippen LogP contribution in [0.25, 0.3) is 0 Å². The number of aromatic nitrogens is 1. The Morgan fingerprint density at radius 1 is 1.16 bits per heavy atom. The maximum Gasteiger partial charge on any atom is 0.262 e. The Morgan fingerprint density at radius 2 is 1.95 bits per heavy atom. The van der Waals surface area contributed by atoms with Crippen molar-refractivity contribution in [3.05, 3.63) is 42.1 Å². The van der Waals surface area contributed by atoms with Gasteiger partial charge in [0.1, 0.15) is 5.75 Å². The number of nitrogens with zero attached hydrogens (tertiary/aromatic N) is 1. The lowest BCUT2D eigenvalue weighted by atomic mass is 10.2. The SMILES string of the molecule is Cc1cc(N)ccc1Oc1ncccc1OC(C)C. The Kier molecular flexibility index (Phi) is 3.90. The van der Waals surface area contributed by atoms with Gasteiger partial charge in [0.15, 0.2) is 5.75 Å². The molecule has 19 heavy (non-hydrogen) atoms. The third-order valence-electron chi connectivity index (χ3n) is 2.50. The predicted molar refractivity (Wildman–Crippen MR) is 75.7 cm³/mol. The maximum atomic E-state index is 5.80. The molecule has 0 aliphatic heterocycles. The van der Waals surface area contributed by atoms with Crippen molar-refractivity contribution in [3.8, 4) is 17.4 Å². The Hall–Kier alpha value is -2.23. The number of aryl methyl sites for hydroxylation is 1. The van der Waals surface area contributed by atoms with E-state index in [2.05, 4.69) is 4.98 Å². The van der Waals surface area contributed by atoms with E-state index in [-0.39, 0.29) is 6.10 Å². The summed E-state index contributed by atoms with van der Waals surface area (Å²) in [4.78, 5) is 4.21. The number of nitrogens with two attached hydrogens (primary N) is 1. The Balaban J connectivity index is 2.27. The molecule has 0 bridgehead atoms. The molecule has 2 rings (SSSR count). The van der Waals surface area contributed by atoms with E-state index in [1.807, 2.05) is 45.0 Å². The first-order valence-corrected chi connectivity index (χ1v) is 6.22. The monoisotopic (exact) mass is 258 g/mol.